The van der Waals surface area contributed by atoms with Crippen LogP contribution in [0, 0.1) is 16.7 Å². The van der Waals surface area contributed by atoms with Gasteiger partial charge in [0.1, 0.15) is 5.41 Å². The summed E-state index contributed by atoms with van der Waals surface area (Å²) >= 11 is 0. The Morgan fingerprint density at radius 3 is 2.35 bits per heavy atom. The molecule has 2 aliphatic rings. The lowest BCUT2D eigenvalue weighted by atomic mass is 10.1. The molecule has 2 fully saturated rings. The van der Waals surface area contributed by atoms with Crippen molar-refractivity contribution >= 4 is 11.8 Å². The van der Waals surface area contributed by atoms with E-state index in [0.29, 0.717) is 12.8 Å². The molecule has 2 N–H and O–H groups in total. The molecule has 5 heteroatoms. The van der Waals surface area contributed by atoms with E-state index < -0.39 is 11.3 Å². The van der Waals surface area contributed by atoms with Crippen LogP contribution in [0.3, 0.4) is 0 Å². The molecule has 0 unspecified atom stereocenters. The highest BCUT2D eigenvalue weighted by Gasteiger charge is 2.53. The maximum atomic E-state index is 12.3. The van der Waals surface area contributed by atoms with Gasteiger partial charge in [0.2, 0.25) is 11.8 Å². The summed E-state index contributed by atoms with van der Waals surface area (Å²) in [6.07, 6.45) is 5.22. The average molecular weight is 235 g/mol. The zero-order chi connectivity index (χ0) is 12.5. The number of carbonyl (C=O) groups is 2. The predicted octanol–water partition coefficient (Wildman–Crippen LogP) is 0.547. The van der Waals surface area contributed by atoms with E-state index in [4.69, 9.17) is 11.0 Å². The summed E-state index contributed by atoms with van der Waals surface area (Å²) in [7, 11) is 0. The van der Waals surface area contributed by atoms with Crippen LogP contribution in [0.5, 0.6) is 0 Å². The van der Waals surface area contributed by atoms with Gasteiger partial charge >= 0.3 is 0 Å². The summed E-state index contributed by atoms with van der Waals surface area (Å²) in [4.78, 5) is 24.9. The highest BCUT2D eigenvalue weighted by Crippen LogP contribution is 2.47. The molecule has 5 nitrogen and oxygen atoms in total. The second kappa shape index (κ2) is 4.36. The second-order valence-corrected chi connectivity index (χ2v) is 5.03. The van der Waals surface area contributed by atoms with E-state index in [1.165, 1.54) is 0 Å². The van der Waals surface area contributed by atoms with Crippen LogP contribution >= 0.6 is 0 Å². The first kappa shape index (κ1) is 11.9. The van der Waals surface area contributed by atoms with Crippen molar-refractivity contribution < 1.29 is 9.59 Å². The Kier molecular flexibility index (Phi) is 3.05. The topological polar surface area (TPSA) is 87.2 Å². The fraction of sp³-hybridized carbons (Fsp3) is 0.750. The minimum Gasteiger partial charge on any atom is -0.368 e. The molecule has 0 heterocycles. The Hall–Kier alpha value is -1.57. The molecule has 0 aromatic heterocycles. The molecule has 92 valence electrons. The van der Waals surface area contributed by atoms with E-state index in [-0.39, 0.29) is 18.5 Å². The molecule has 0 aromatic carbocycles. The Balaban J connectivity index is 2.12. The van der Waals surface area contributed by atoms with Crippen LogP contribution in [0.25, 0.3) is 0 Å². The zero-order valence-corrected chi connectivity index (χ0v) is 9.82. The maximum absolute atomic E-state index is 12.3. The van der Waals surface area contributed by atoms with Crippen molar-refractivity contribution in [2.24, 2.45) is 11.1 Å². The van der Waals surface area contributed by atoms with Gasteiger partial charge in [-0.3, -0.25) is 9.59 Å². The van der Waals surface area contributed by atoms with Gasteiger partial charge in [-0.05, 0) is 25.7 Å². The molecule has 0 radical (unpaired) electrons. The zero-order valence-electron chi connectivity index (χ0n) is 9.82. The lowest BCUT2D eigenvalue weighted by Gasteiger charge is -2.29. The third-order valence-corrected chi connectivity index (χ3v) is 3.73. The van der Waals surface area contributed by atoms with E-state index >= 15 is 0 Å². The third kappa shape index (κ3) is 2.26. The van der Waals surface area contributed by atoms with Crippen LogP contribution < -0.4 is 5.73 Å². The van der Waals surface area contributed by atoms with Crippen LogP contribution in [-0.4, -0.2) is 29.3 Å². The molecule has 0 spiro atoms. The summed E-state index contributed by atoms with van der Waals surface area (Å²) in [6, 6.07) is 2.18. The number of rotatable bonds is 4. The highest BCUT2D eigenvalue weighted by atomic mass is 16.2. The highest BCUT2D eigenvalue weighted by molar-refractivity contribution is 5.91. The lowest BCUT2D eigenvalue weighted by molar-refractivity contribution is -0.140. The van der Waals surface area contributed by atoms with E-state index in [1.807, 2.05) is 0 Å². The van der Waals surface area contributed by atoms with E-state index in [1.54, 1.807) is 4.90 Å². The number of nitriles is 1. The van der Waals surface area contributed by atoms with Gasteiger partial charge in [-0.25, -0.2) is 0 Å². The van der Waals surface area contributed by atoms with Crippen LogP contribution in [0.2, 0.25) is 0 Å². The Labute approximate surface area is 101 Å². The van der Waals surface area contributed by atoms with Gasteiger partial charge in [0.05, 0.1) is 12.6 Å². The van der Waals surface area contributed by atoms with E-state index in [2.05, 4.69) is 6.07 Å². The minimum atomic E-state index is -0.849. The first-order chi connectivity index (χ1) is 8.09. The first-order valence-corrected chi connectivity index (χ1v) is 6.10. The number of amides is 2. The summed E-state index contributed by atoms with van der Waals surface area (Å²) in [5.41, 5.74) is 4.34. The molecule has 0 aliphatic heterocycles. The average Bonchev–Trinajstić information content (AvgIpc) is 2.92. The summed E-state index contributed by atoms with van der Waals surface area (Å²) in [5, 5.41) is 9.04. The standard InChI is InChI=1S/C12H17N3O2/c13-8-12(5-6-12)11(17)15(7-10(14)16)9-3-1-2-4-9/h9H,1-7H2,(H2,14,16). The van der Waals surface area contributed by atoms with Crippen molar-refractivity contribution in [3.05, 3.63) is 0 Å². The molecule has 2 amide bonds. The second-order valence-electron chi connectivity index (χ2n) is 5.03. The summed E-state index contributed by atoms with van der Waals surface area (Å²) in [5.74, 6) is -0.690. The SMILES string of the molecule is N#CC1(C(=O)N(CC(N)=O)C2CCCC2)CC1. The van der Waals surface area contributed by atoms with Gasteiger partial charge in [0.25, 0.3) is 0 Å². The number of carbonyl (C=O) groups excluding carboxylic acids is 2. The fourth-order valence-electron chi connectivity index (χ4n) is 2.52. The fourth-order valence-corrected chi connectivity index (χ4v) is 2.52. The largest absolute Gasteiger partial charge is 0.368 e. The van der Waals surface area contributed by atoms with Crippen molar-refractivity contribution in [3.63, 3.8) is 0 Å². The molecule has 0 atom stereocenters. The molecular formula is C12H17N3O2. The van der Waals surface area contributed by atoms with Gasteiger partial charge in [-0.2, -0.15) is 5.26 Å². The van der Waals surface area contributed by atoms with Gasteiger partial charge in [0.15, 0.2) is 0 Å². The van der Waals surface area contributed by atoms with E-state index in [0.717, 1.165) is 25.7 Å². The summed E-state index contributed by atoms with van der Waals surface area (Å²) in [6.45, 7) is -0.0487. The molecule has 2 saturated carbocycles. The molecule has 0 aromatic rings. The smallest absolute Gasteiger partial charge is 0.243 e. The van der Waals surface area contributed by atoms with Crippen LogP contribution in [0.15, 0.2) is 0 Å². The van der Waals surface area contributed by atoms with E-state index in [9.17, 15) is 9.59 Å². The van der Waals surface area contributed by atoms with Crippen molar-refractivity contribution in [2.75, 3.05) is 6.54 Å². The number of nitrogens with two attached hydrogens (primary N) is 1. The normalized spacial score (nSPS) is 21.8. The molecule has 2 aliphatic carbocycles. The molecule has 2 rings (SSSR count). The van der Waals surface area contributed by atoms with Crippen LogP contribution in [0.1, 0.15) is 38.5 Å². The predicted molar refractivity (Wildman–Crippen MR) is 60.4 cm³/mol. The molecule has 17 heavy (non-hydrogen) atoms. The number of hydrogen-bond donors (Lipinski definition) is 1. The summed E-state index contributed by atoms with van der Waals surface area (Å²) < 4.78 is 0. The first-order valence-electron chi connectivity index (χ1n) is 6.10. The maximum Gasteiger partial charge on any atom is 0.243 e. The number of nitrogens with zero attached hydrogens (tertiary/aromatic N) is 2. The van der Waals surface area contributed by atoms with Crippen LogP contribution in [-0.2, 0) is 9.59 Å². The number of hydrogen-bond acceptors (Lipinski definition) is 3. The van der Waals surface area contributed by atoms with Crippen molar-refractivity contribution in [3.8, 4) is 6.07 Å². The molecule has 0 saturated heterocycles. The molecular weight excluding hydrogens is 218 g/mol. The van der Waals surface area contributed by atoms with Gasteiger partial charge in [0, 0.05) is 6.04 Å². The lowest BCUT2D eigenvalue weighted by Crippen LogP contribution is -2.47. The number of primary amides is 1. The van der Waals surface area contributed by atoms with Crippen molar-refractivity contribution in [1.82, 2.24) is 4.90 Å². The monoisotopic (exact) mass is 235 g/mol. The minimum absolute atomic E-state index is 0.0487. The van der Waals surface area contributed by atoms with Crippen molar-refractivity contribution in [1.29, 1.82) is 5.26 Å². The third-order valence-electron chi connectivity index (χ3n) is 3.73. The van der Waals surface area contributed by atoms with Gasteiger partial charge in [-0.1, -0.05) is 12.8 Å². The Bertz CT molecular complexity index is 376. The van der Waals surface area contributed by atoms with Crippen molar-refractivity contribution in [2.45, 2.75) is 44.6 Å². The van der Waals surface area contributed by atoms with Crippen LogP contribution in [0.4, 0.5) is 0 Å². The molecule has 0 bridgehead atoms. The van der Waals surface area contributed by atoms with Gasteiger partial charge < -0.3 is 10.6 Å². The van der Waals surface area contributed by atoms with Gasteiger partial charge in [-0.15, -0.1) is 0 Å². The Morgan fingerprint density at radius 2 is 1.94 bits per heavy atom. The Morgan fingerprint density at radius 1 is 1.35 bits per heavy atom. The quantitative estimate of drug-likeness (QED) is 0.771.